The van der Waals surface area contributed by atoms with Gasteiger partial charge >= 0.3 is 0 Å². The molecule has 1 N–H and O–H groups in total. The number of nitrogens with zero attached hydrogens (tertiary/aromatic N) is 1. The van der Waals surface area contributed by atoms with Gasteiger partial charge in [0.25, 0.3) is 0 Å². The van der Waals surface area contributed by atoms with Crippen molar-refractivity contribution in [2.75, 3.05) is 33.4 Å². The van der Waals surface area contributed by atoms with E-state index in [4.69, 9.17) is 9.15 Å². The molecule has 1 saturated heterocycles. The Labute approximate surface area is 128 Å². The van der Waals surface area contributed by atoms with Crippen molar-refractivity contribution in [1.82, 2.24) is 10.2 Å². The van der Waals surface area contributed by atoms with Crippen molar-refractivity contribution < 1.29 is 9.15 Å². The molecule has 2 heterocycles. The second-order valence-electron chi connectivity index (χ2n) is 6.65. The third-order valence-electron chi connectivity index (χ3n) is 3.91. The lowest BCUT2D eigenvalue weighted by atomic mass is 10.00. The smallest absolute Gasteiger partial charge is 0.118 e. The Kier molecular flexibility index (Phi) is 6.74. The quantitative estimate of drug-likeness (QED) is 0.800. The van der Waals surface area contributed by atoms with Crippen molar-refractivity contribution in [3.8, 4) is 0 Å². The molecule has 0 aliphatic carbocycles. The van der Waals surface area contributed by atoms with Crippen LogP contribution >= 0.6 is 0 Å². The Balaban J connectivity index is 1.70. The van der Waals surface area contributed by atoms with Crippen LogP contribution in [0.25, 0.3) is 0 Å². The van der Waals surface area contributed by atoms with Crippen LogP contribution in [0, 0.1) is 11.8 Å². The van der Waals surface area contributed by atoms with Crippen LogP contribution in [0.15, 0.2) is 16.5 Å². The Morgan fingerprint density at radius 3 is 2.67 bits per heavy atom. The SMILES string of the molecule is CC(C)CNCc1ccc(CN(C)CC2CCOCC2)o1. The number of hydrogen-bond donors (Lipinski definition) is 1. The molecule has 1 aliphatic heterocycles. The molecule has 4 heteroatoms. The summed E-state index contributed by atoms with van der Waals surface area (Å²) >= 11 is 0. The Hall–Kier alpha value is -0.840. The van der Waals surface area contributed by atoms with E-state index in [0.717, 1.165) is 56.8 Å². The Bertz CT molecular complexity index is 397. The molecule has 0 bridgehead atoms. The van der Waals surface area contributed by atoms with Crippen LogP contribution in [0.2, 0.25) is 0 Å². The summed E-state index contributed by atoms with van der Waals surface area (Å²) in [6.07, 6.45) is 2.37. The van der Waals surface area contributed by atoms with Crippen molar-refractivity contribution in [1.29, 1.82) is 0 Å². The van der Waals surface area contributed by atoms with Gasteiger partial charge in [0.2, 0.25) is 0 Å². The van der Waals surface area contributed by atoms with E-state index in [1.807, 2.05) is 0 Å². The first kappa shape index (κ1) is 16.5. The van der Waals surface area contributed by atoms with E-state index in [-0.39, 0.29) is 0 Å². The molecule has 1 aliphatic rings. The number of nitrogens with one attached hydrogen (secondary N) is 1. The zero-order chi connectivity index (χ0) is 15.1. The monoisotopic (exact) mass is 294 g/mol. The van der Waals surface area contributed by atoms with Crippen molar-refractivity contribution >= 4 is 0 Å². The van der Waals surface area contributed by atoms with Crippen LogP contribution in [-0.4, -0.2) is 38.3 Å². The third-order valence-corrected chi connectivity index (χ3v) is 3.91. The minimum absolute atomic E-state index is 0.671. The fourth-order valence-corrected chi connectivity index (χ4v) is 2.79. The molecule has 4 nitrogen and oxygen atoms in total. The van der Waals surface area contributed by atoms with Gasteiger partial charge in [-0.25, -0.2) is 0 Å². The van der Waals surface area contributed by atoms with Crippen LogP contribution in [0.4, 0.5) is 0 Å². The molecule has 21 heavy (non-hydrogen) atoms. The molecule has 0 unspecified atom stereocenters. The van der Waals surface area contributed by atoms with Gasteiger partial charge in [0.15, 0.2) is 0 Å². The lowest BCUT2D eigenvalue weighted by Gasteiger charge is -2.26. The standard InChI is InChI=1S/C17H30N2O2/c1-14(2)10-18-11-16-4-5-17(21-16)13-19(3)12-15-6-8-20-9-7-15/h4-5,14-15,18H,6-13H2,1-3H3. The molecule has 0 atom stereocenters. The van der Waals surface area contributed by atoms with Gasteiger partial charge in [-0.1, -0.05) is 13.8 Å². The fourth-order valence-electron chi connectivity index (χ4n) is 2.79. The van der Waals surface area contributed by atoms with Gasteiger partial charge in [0, 0.05) is 19.8 Å². The predicted octanol–water partition coefficient (Wildman–Crippen LogP) is 2.88. The van der Waals surface area contributed by atoms with E-state index < -0.39 is 0 Å². The second kappa shape index (κ2) is 8.57. The third kappa shape index (κ3) is 6.20. The van der Waals surface area contributed by atoms with Crippen LogP contribution < -0.4 is 5.32 Å². The highest BCUT2D eigenvalue weighted by atomic mass is 16.5. The second-order valence-corrected chi connectivity index (χ2v) is 6.65. The lowest BCUT2D eigenvalue weighted by Crippen LogP contribution is -2.29. The van der Waals surface area contributed by atoms with Gasteiger partial charge in [0.05, 0.1) is 13.1 Å². The topological polar surface area (TPSA) is 37.6 Å². The zero-order valence-electron chi connectivity index (χ0n) is 13.7. The van der Waals surface area contributed by atoms with Crippen LogP contribution in [-0.2, 0) is 17.8 Å². The molecule has 1 fully saturated rings. The molecule has 0 saturated carbocycles. The highest BCUT2D eigenvalue weighted by molar-refractivity contribution is 5.07. The fraction of sp³-hybridized carbons (Fsp3) is 0.765. The molecule has 2 rings (SSSR count). The van der Waals surface area contributed by atoms with Gasteiger partial charge in [-0.05, 0) is 50.4 Å². The maximum absolute atomic E-state index is 5.90. The molecule has 0 spiro atoms. The van der Waals surface area contributed by atoms with Gasteiger partial charge < -0.3 is 14.5 Å². The molecule has 1 aromatic rings. The first-order chi connectivity index (χ1) is 10.1. The molecule has 0 radical (unpaired) electrons. The number of rotatable bonds is 8. The molecular formula is C17H30N2O2. The van der Waals surface area contributed by atoms with Crippen molar-refractivity contribution in [3.63, 3.8) is 0 Å². The van der Waals surface area contributed by atoms with Gasteiger partial charge in [-0.15, -0.1) is 0 Å². The van der Waals surface area contributed by atoms with Crippen LogP contribution in [0.5, 0.6) is 0 Å². The maximum atomic E-state index is 5.90. The minimum Gasteiger partial charge on any atom is -0.463 e. The van der Waals surface area contributed by atoms with Gasteiger partial charge in [0.1, 0.15) is 11.5 Å². The van der Waals surface area contributed by atoms with Gasteiger partial charge in [-0.2, -0.15) is 0 Å². The zero-order valence-corrected chi connectivity index (χ0v) is 13.7. The largest absolute Gasteiger partial charge is 0.463 e. The van der Waals surface area contributed by atoms with E-state index in [1.54, 1.807) is 0 Å². The summed E-state index contributed by atoms with van der Waals surface area (Å²) in [6, 6.07) is 4.19. The summed E-state index contributed by atoms with van der Waals surface area (Å²) < 4.78 is 11.3. The first-order valence-electron chi connectivity index (χ1n) is 8.18. The number of hydrogen-bond acceptors (Lipinski definition) is 4. The van der Waals surface area contributed by atoms with Crippen LogP contribution in [0.1, 0.15) is 38.2 Å². The van der Waals surface area contributed by atoms with Crippen LogP contribution in [0.3, 0.4) is 0 Å². The lowest BCUT2D eigenvalue weighted by molar-refractivity contribution is 0.0542. The van der Waals surface area contributed by atoms with E-state index in [2.05, 4.69) is 43.2 Å². The Morgan fingerprint density at radius 2 is 1.95 bits per heavy atom. The normalized spacial score (nSPS) is 17.0. The van der Waals surface area contributed by atoms with E-state index >= 15 is 0 Å². The summed E-state index contributed by atoms with van der Waals surface area (Å²) in [5.41, 5.74) is 0. The molecule has 0 aromatic carbocycles. The predicted molar refractivity (Wildman–Crippen MR) is 85.1 cm³/mol. The van der Waals surface area contributed by atoms with E-state index in [0.29, 0.717) is 5.92 Å². The van der Waals surface area contributed by atoms with Crippen molar-refractivity contribution in [3.05, 3.63) is 23.7 Å². The van der Waals surface area contributed by atoms with Crippen molar-refractivity contribution in [2.45, 2.75) is 39.8 Å². The summed E-state index contributed by atoms with van der Waals surface area (Å²) in [6.45, 7) is 10.1. The minimum atomic E-state index is 0.671. The summed E-state index contributed by atoms with van der Waals surface area (Å²) in [7, 11) is 2.18. The van der Waals surface area contributed by atoms with E-state index in [1.165, 1.54) is 12.8 Å². The molecule has 0 amide bonds. The molecule has 1 aromatic heterocycles. The first-order valence-corrected chi connectivity index (χ1v) is 8.18. The average Bonchev–Trinajstić information content (AvgIpc) is 2.86. The maximum Gasteiger partial charge on any atom is 0.118 e. The number of ether oxygens (including phenoxy) is 1. The Morgan fingerprint density at radius 1 is 1.24 bits per heavy atom. The van der Waals surface area contributed by atoms with Crippen molar-refractivity contribution in [2.24, 2.45) is 11.8 Å². The number of furan rings is 1. The van der Waals surface area contributed by atoms with Gasteiger partial charge in [-0.3, -0.25) is 4.90 Å². The van der Waals surface area contributed by atoms with E-state index in [9.17, 15) is 0 Å². The highest BCUT2D eigenvalue weighted by Crippen LogP contribution is 2.17. The summed E-state index contributed by atoms with van der Waals surface area (Å²) in [5.74, 6) is 3.53. The highest BCUT2D eigenvalue weighted by Gasteiger charge is 2.16. The summed E-state index contributed by atoms with van der Waals surface area (Å²) in [4.78, 5) is 2.36. The molecular weight excluding hydrogens is 264 g/mol. The average molecular weight is 294 g/mol. The molecule has 120 valence electrons. The summed E-state index contributed by atoms with van der Waals surface area (Å²) in [5, 5.41) is 3.41.